The maximum atomic E-state index is 14.0. The number of aryl methyl sites for hydroxylation is 2. The van der Waals surface area contributed by atoms with Crippen molar-refractivity contribution in [2.24, 2.45) is 5.41 Å². The standard InChI is InChI=1S/C52H68N8O7S2/c1-32(2)67-51(66)59(8)41-25-38(29-53-33(41)3)37-23-24-40-43(26-37)69-50(56-40)58-45(63)18-16-14-12-10-9-11-13-15-17-44(62)57-47(52(5,6)7)49(65)60-30-39(61)27-42(60)48(64)54-28-35-19-21-36(22-20-35)46-34(4)55-31-68-46/h19-26,29,31-32,39,42,47,61H,9-18,27-28,30H2,1-8H3,(H,54,64)(H,57,62)(H,56,58,63)/t39-,42+,47-/m1/s1. The molecule has 1 aliphatic rings. The van der Waals surface area contributed by atoms with Gasteiger partial charge >= 0.3 is 6.09 Å². The summed E-state index contributed by atoms with van der Waals surface area (Å²) in [4.78, 5) is 83.5. The highest BCUT2D eigenvalue weighted by atomic mass is 32.1. The number of aliphatic hydroxyl groups is 1. The van der Waals surface area contributed by atoms with Gasteiger partial charge in [0.25, 0.3) is 0 Å². The van der Waals surface area contributed by atoms with Gasteiger partial charge in [-0.15, -0.1) is 11.3 Å². The van der Waals surface area contributed by atoms with Crippen molar-refractivity contribution in [2.45, 2.75) is 150 Å². The Morgan fingerprint density at radius 3 is 2.14 bits per heavy atom. The van der Waals surface area contributed by atoms with Crippen LogP contribution in [0.15, 0.2) is 60.2 Å². The first-order valence-electron chi connectivity index (χ1n) is 24.0. The van der Waals surface area contributed by atoms with Gasteiger partial charge in [-0.2, -0.15) is 0 Å². The number of ether oxygens (including phenoxy) is 1. The van der Waals surface area contributed by atoms with E-state index in [0.717, 1.165) is 88.0 Å². The molecular weight excluding hydrogens is 913 g/mol. The number of pyridine rings is 1. The Balaban J connectivity index is 0.860. The molecule has 3 atom stereocenters. The van der Waals surface area contributed by atoms with Gasteiger partial charge in [0.1, 0.15) is 12.1 Å². The summed E-state index contributed by atoms with van der Waals surface area (Å²) in [6, 6.07) is 14.0. The number of carbonyl (C=O) groups excluding carboxylic acids is 5. The second kappa shape index (κ2) is 24.2. The van der Waals surface area contributed by atoms with Crippen molar-refractivity contribution in [1.29, 1.82) is 0 Å². The van der Waals surface area contributed by atoms with Crippen LogP contribution in [0, 0.1) is 19.3 Å². The molecule has 3 aromatic heterocycles. The van der Waals surface area contributed by atoms with Gasteiger partial charge in [-0.25, -0.2) is 14.8 Å². The maximum absolute atomic E-state index is 14.0. The molecule has 17 heteroatoms. The minimum Gasteiger partial charge on any atom is -0.446 e. The maximum Gasteiger partial charge on any atom is 0.414 e. The number of nitrogens with zero attached hydrogens (tertiary/aromatic N) is 5. The number of nitrogens with one attached hydrogen (secondary N) is 3. The number of fused-ring (bicyclic) bond motifs is 1. The summed E-state index contributed by atoms with van der Waals surface area (Å²) < 4.78 is 6.29. The molecule has 5 aromatic rings. The van der Waals surface area contributed by atoms with Crippen LogP contribution in [0.1, 0.15) is 122 Å². The summed E-state index contributed by atoms with van der Waals surface area (Å²) in [6.45, 7) is 13.4. The van der Waals surface area contributed by atoms with Crippen LogP contribution in [0.4, 0.5) is 15.6 Å². The van der Waals surface area contributed by atoms with E-state index < -0.39 is 29.7 Å². The van der Waals surface area contributed by atoms with Crippen molar-refractivity contribution >= 4 is 73.4 Å². The highest BCUT2D eigenvalue weighted by Gasteiger charge is 2.44. The Hall–Kier alpha value is -5.78. The number of benzene rings is 2. The Bertz CT molecular complexity index is 2570. The molecule has 4 N–H and O–H groups in total. The fourth-order valence-electron chi connectivity index (χ4n) is 8.38. The number of unbranched alkanes of at least 4 members (excludes halogenated alkanes) is 7. The molecule has 6 rings (SSSR count). The lowest BCUT2D eigenvalue weighted by Gasteiger charge is -2.35. The number of hydrogen-bond donors (Lipinski definition) is 4. The average Bonchev–Trinajstić information content (AvgIpc) is 4.04. The third-order valence-corrected chi connectivity index (χ3v) is 14.2. The van der Waals surface area contributed by atoms with Crippen LogP contribution in [0.5, 0.6) is 0 Å². The molecular formula is C52H68N8O7S2. The number of amides is 5. The lowest BCUT2D eigenvalue weighted by molar-refractivity contribution is -0.144. The molecule has 5 amide bonds. The number of carbonyl (C=O) groups is 5. The molecule has 370 valence electrons. The number of thiazole rings is 2. The van der Waals surface area contributed by atoms with E-state index >= 15 is 0 Å². The Morgan fingerprint density at radius 2 is 1.51 bits per heavy atom. The first kappa shape index (κ1) is 52.6. The van der Waals surface area contributed by atoms with Gasteiger partial charge in [-0.3, -0.25) is 29.1 Å². The summed E-state index contributed by atoms with van der Waals surface area (Å²) in [5, 5.41) is 20.0. The highest BCUT2D eigenvalue weighted by Crippen LogP contribution is 2.33. The van der Waals surface area contributed by atoms with E-state index in [1.807, 2.05) is 103 Å². The molecule has 69 heavy (non-hydrogen) atoms. The van der Waals surface area contributed by atoms with E-state index in [-0.39, 0.29) is 49.2 Å². The Labute approximate surface area is 413 Å². The molecule has 0 aliphatic carbocycles. The van der Waals surface area contributed by atoms with Crippen molar-refractivity contribution in [2.75, 3.05) is 23.8 Å². The molecule has 1 aliphatic heterocycles. The lowest BCUT2D eigenvalue weighted by atomic mass is 9.85. The number of aromatic nitrogens is 3. The lowest BCUT2D eigenvalue weighted by Crippen LogP contribution is -2.57. The van der Waals surface area contributed by atoms with E-state index in [4.69, 9.17) is 4.74 Å². The minimum absolute atomic E-state index is 0.0254. The Kier molecular flexibility index (Phi) is 18.4. The predicted molar refractivity (Wildman–Crippen MR) is 274 cm³/mol. The first-order valence-corrected chi connectivity index (χ1v) is 25.7. The van der Waals surface area contributed by atoms with Crippen LogP contribution >= 0.6 is 22.7 Å². The molecule has 0 spiro atoms. The number of aliphatic hydroxyl groups excluding tert-OH is 1. The van der Waals surface area contributed by atoms with Crippen LogP contribution < -0.4 is 20.9 Å². The van der Waals surface area contributed by atoms with E-state index in [0.29, 0.717) is 35.8 Å². The largest absolute Gasteiger partial charge is 0.446 e. The van der Waals surface area contributed by atoms with E-state index in [1.165, 1.54) is 21.1 Å². The van der Waals surface area contributed by atoms with Gasteiger partial charge < -0.3 is 30.7 Å². The summed E-state index contributed by atoms with van der Waals surface area (Å²) in [6.07, 6.45) is 8.47. The van der Waals surface area contributed by atoms with Gasteiger partial charge in [0.15, 0.2) is 5.13 Å². The quantitative estimate of drug-likeness (QED) is 0.0514. The van der Waals surface area contributed by atoms with Crippen molar-refractivity contribution in [1.82, 2.24) is 30.5 Å². The first-order chi connectivity index (χ1) is 32.9. The monoisotopic (exact) mass is 980 g/mol. The number of likely N-dealkylation sites (tertiary alicyclic amines) is 1. The van der Waals surface area contributed by atoms with E-state index in [9.17, 15) is 29.1 Å². The van der Waals surface area contributed by atoms with E-state index in [2.05, 4.69) is 30.9 Å². The fraction of sp³-hybridized carbons (Fsp3) is 0.500. The van der Waals surface area contributed by atoms with Crippen LogP contribution in [0.2, 0.25) is 0 Å². The van der Waals surface area contributed by atoms with Crippen LogP contribution in [-0.2, 0) is 30.5 Å². The zero-order valence-corrected chi connectivity index (χ0v) is 42.9. The minimum atomic E-state index is -0.861. The van der Waals surface area contributed by atoms with Crippen molar-refractivity contribution in [3.8, 4) is 21.6 Å². The third kappa shape index (κ3) is 14.6. The zero-order chi connectivity index (χ0) is 49.8. The molecule has 1 saturated heterocycles. The van der Waals surface area contributed by atoms with Crippen molar-refractivity contribution in [3.05, 3.63) is 77.2 Å². The zero-order valence-electron chi connectivity index (χ0n) is 41.2. The van der Waals surface area contributed by atoms with Crippen molar-refractivity contribution < 1.29 is 33.8 Å². The molecule has 0 radical (unpaired) electrons. The molecule has 0 unspecified atom stereocenters. The average molecular weight is 981 g/mol. The SMILES string of the molecule is Cc1ncc(-c2ccc3nc(NC(=O)CCCCCCCCCCC(=O)N[C@H](C(=O)N4C[C@H](O)C[C@H]4C(=O)NCc4ccc(-c5scnc5C)cc4)C(C)(C)C)sc3c2)cc1N(C)C(=O)OC(C)C. The van der Waals surface area contributed by atoms with Gasteiger partial charge in [-0.05, 0) is 80.8 Å². The van der Waals surface area contributed by atoms with Crippen LogP contribution in [-0.4, -0.2) is 92.6 Å². The number of anilines is 2. The van der Waals surface area contributed by atoms with Gasteiger partial charge in [0.2, 0.25) is 23.6 Å². The van der Waals surface area contributed by atoms with Crippen LogP contribution in [0.25, 0.3) is 31.8 Å². The Morgan fingerprint density at radius 1 is 0.855 bits per heavy atom. The van der Waals surface area contributed by atoms with Crippen molar-refractivity contribution in [3.63, 3.8) is 0 Å². The molecule has 2 aromatic carbocycles. The molecule has 0 bridgehead atoms. The normalized spacial score (nSPS) is 15.3. The van der Waals surface area contributed by atoms with Gasteiger partial charge in [0.05, 0.1) is 49.9 Å². The number of β-amino-alcohol motifs (C(OH)–C–C–N with tert-alkyl or cyclic N) is 1. The molecule has 0 saturated carbocycles. The second-order valence-electron chi connectivity index (χ2n) is 19.3. The number of rotatable bonds is 21. The predicted octanol–water partition coefficient (Wildman–Crippen LogP) is 9.73. The van der Waals surface area contributed by atoms with E-state index in [1.54, 1.807) is 24.6 Å². The van der Waals surface area contributed by atoms with Gasteiger partial charge in [-0.1, -0.05) is 101 Å². The second-order valence-corrected chi connectivity index (χ2v) is 21.2. The summed E-state index contributed by atoms with van der Waals surface area (Å²) in [5.74, 6) is -0.980. The molecule has 15 nitrogen and oxygen atoms in total. The summed E-state index contributed by atoms with van der Waals surface area (Å²) in [7, 11) is 1.67. The third-order valence-electron chi connectivity index (χ3n) is 12.3. The summed E-state index contributed by atoms with van der Waals surface area (Å²) in [5.41, 5.74) is 8.06. The fourth-order valence-corrected chi connectivity index (χ4v) is 10.1. The topological polar surface area (TPSA) is 196 Å². The summed E-state index contributed by atoms with van der Waals surface area (Å²) >= 11 is 3.00. The smallest absolute Gasteiger partial charge is 0.414 e. The van der Waals surface area contributed by atoms with Gasteiger partial charge in [0, 0.05) is 51.2 Å². The molecule has 4 heterocycles. The number of hydrogen-bond acceptors (Lipinski definition) is 12. The highest BCUT2D eigenvalue weighted by molar-refractivity contribution is 7.22. The van der Waals surface area contributed by atoms with Crippen LogP contribution in [0.3, 0.4) is 0 Å². The molecule has 1 fully saturated rings.